The molecule has 7 nitrogen and oxygen atoms in total. The van der Waals surface area contributed by atoms with E-state index in [9.17, 15) is 4.79 Å². The Bertz CT molecular complexity index is 946. The van der Waals surface area contributed by atoms with E-state index in [0.29, 0.717) is 18.1 Å². The standard InChI is InChI=1S/C20H22N6O/c21-16-6-8-17(9-7-16)25-10-12-26(13-11-25)20-22-19(27)18(23-24-20)14-15-4-2-1-3-5-15/h1-9H,10-14,21H2,(H,22,24,27). The molecule has 1 saturated heterocycles. The van der Waals surface area contributed by atoms with Gasteiger partial charge in [0.2, 0.25) is 5.95 Å². The first-order chi connectivity index (χ1) is 13.2. The van der Waals surface area contributed by atoms with Gasteiger partial charge in [-0.1, -0.05) is 30.3 Å². The van der Waals surface area contributed by atoms with Crippen LogP contribution in [-0.4, -0.2) is 41.4 Å². The third kappa shape index (κ3) is 3.92. The van der Waals surface area contributed by atoms with E-state index in [1.807, 2.05) is 54.6 Å². The Morgan fingerprint density at radius 2 is 1.56 bits per heavy atom. The van der Waals surface area contributed by atoms with E-state index >= 15 is 0 Å². The van der Waals surface area contributed by atoms with Crippen LogP contribution in [0.3, 0.4) is 0 Å². The number of nitrogen functional groups attached to an aromatic ring is 1. The van der Waals surface area contributed by atoms with E-state index in [4.69, 9.17) is 5.73 Å². The van der Waals surface area contributed by atoms with Crippen molar-refractivity contribution in [3.63, 3.8) is 0 Å². The molecule has 0 radical (unpaired) electrons. The Labute approximate surface area is 157 Å². The highest BCUT2D eigenvalue weighted by molar-refractivity contribution is 5.54. The summed E-state index contributed by atoms with van der Waals surface area (Å²) in [4.78, 5) is 19.6. The Balaban J connectivity index is 1.42. The number of nitrogens with two attached hydrogens (primary N) is 1. The third-order valence-corrected chi connectivity index (χ3v) is 4.80. The minimum absolute atomic E-state index is 0.176. The lowest BCUT2D eigenvalue weighted by Crippen LogP contribution is -2.47. The van der Waals surface area contributed by atoms with E-state index < -0.39 is 0 Å². The molecule has 138 valence electrons. The summed E-state index contributed by atoms with van der Waals surface area (Å²) in [6.45, 7) is 3.23. The number of nitrogens with zero attached hydrogens (tertiary/aromatic N) is 4. The van der Waals surface area contributed by atoms with Gasteiger partial charge < -0.3 is 15.5 Å². The number of hydrogen-bond donors (Lipinski definition) is 2. The second-order valence-electron chi connectivity index (χ2n) is 6.65. The number of nitrogens with one attached hydrogen (secondary N) is 1. The summed E-state index contributed by atoms with van der Waals surface area (Å²) >= 11 is 0. The maximum Gasteiger partial charge on any atom is 0.274 e. The van der Waals surface area contributed by atoms with Gasteiger partial charge >= 0.3 is 0 Å². The van der Waals surface area contributed by atoms with Crippen molar-refractivity contribution in [3.05, 3.63) is 76.2 Å². The van der Waals surface area contributed by atoms with Crippen molar-refractivity contribution < 1.29 is 0 Å². The molecule has 0 unspecified atom stereocenters. The molecule has 0 aliphatic carbocycles. The maximum atomic E-state index is 12.4. The Morgan fingerprint density at radius 1 is 0.889 bits per heavy atom. The maximum absolute atomic E-state index is 12.4. The lowest BCUT2D eigenvalue weighted by atomic mass is 10.1. The third-order valence-electron chi connectivity index (χ3n) is 4.80. The highest BCUT2D eigenvalue weighted by Gasteiger charge is 2.20. The quantitative estimate of drug-likeness (QED) is 0.686. The largest absolute Gasteiger partial charge is 0.399 e. The van der Waals surface area contributed by atoms with Gasteiger partial charge in [0.1, 0.15) is 5.69 Å². The first-order valence-electron chi connectivity index (χ1n) is 9.04. The molecule has 1 aliphatic heterocycles. The molecule has 1 aliphatic rings. The number of H-pyrrole nitrogens is 1. The van der Waals surface area contributed by atoms with Gasteiger partial charge in [-0.05, 0) is 29.8 Å². The highest BCUT2D eigenvalue weighted by Crippen LogP contribution is 2.19. The molecular formula is C20H22N6O. The van der Waals surface area contributed by atoms with Crippen molar-refractivity contribution in [2.24, 2.45) is 0 Å². The van der Waals surface area contributed by atoms with Crippen molar-refractivity contribution in [2.75, 3.05) is 41.7 Å². The SMILES string of the molecule is Nc1ccc(N2CCN(c3nnc(Cc4ccccc4)c(=O)[nH]3)CC2)cc1. The van der Waals surface area contributed by atoms with Crippen LogP contribution in [0.2, 0.25) is 0 Å². The molecule has 7 heteroatoms. The van der Waals surface area contributed by atoms with Gasteiger partial charge in [0.25, 0.3) is 5.56 Å². The molecule has 0 spiro atoms. The number of rotatable bonds is 4. The summed E-state index contributed by atoms with van der Waals surface area (Å²) in [7, 11) is 0. The monoisotopic (exact) mass is 362 g/mol. The topological polar surface area (TPSA) is 91.1 Å². The molecule has 0 amide bonds. The van der Waals surface area contributed by atoms with Crippen LogP contribution < -0.4 is 21.1 Å². The van der Waals surface area contributed by atoms with E-state index in [1.54, 1.807) is 0 Å². The zero-order chi connectivity index (χ0) is 18.6. The van der Waals surface area contributed by atoms with E-state index in [0.717, 1.165) is 43.1 Å². The minimum Gasteiger partial charge on any atom is -0.399 e. The molecule has 4 rings (SSSR count). The van der Waals surface area contributed by atoms with E-state index in [-0.39, 0.29) is 5.56 Å². The molecule has 3 aromatic rings. The van der Waals surface area contributed by atoms with Crippen LogP contribution in [0.5, 0.6) is 0 Å². The zero-order valence-corrected chi connectivity index (χ0v) is 15.0. The molecule has 0 bridgehead atoms. The molecule has 3 N–H and O–H groups in total. The normalized spacial score (nSPS) is 14.4. The number of hydrogen-bond acceptors (Lipinski definition) is 6. The predicted octanol–water partition coefficient (Wildman–Crippen LogP) is 1.66. The Morgan fingerprint density at radius 3 is 2.22 bits per heavy atom. The average molecular weight is 362 g/mol. The van der Waals surface area contributed by atoms with Gasteiger partial charge in [0.05, 0.1) is 0 Å². The summed E-state index contributed by atoms with van der Waals surface area (Å²) in [6, 6.07) is 17.7. The van der Waals surface area contributed by atoms with Crippen LogP contribution in [0.25, 0.3) is 0 Å². The van der Waals surface area contributed by atoms with Crippen LogP contribution in [0, 0.1) is 0 Å². The molecule has 0 atom stereocenters. The Hall–Kier alpha value is -3.35. The predicted molar refractivity (Wildman–Crippen MR) is 107 cm³/mol. The zero-order valence-electron chi connectivity index (χ0n) is 15.0. The smallest absolute Gasteiger partial charge is 0.274 e. The number of anilines is 3. The summed E-state index contributed by atoms with van der Waals surface area (Å²) in [5.41, 5.74) is 8.98. The summed E-state index contributed by atoms with van der Waals surface area (Å²) in [6.07, 6.45) is 0.481. The van der Waals surface area contributed by atoms with Gasteiger partial charge in [-0.3, -0.25) is 9.78 Å². The molecule has 2 aromatic carbocycles. The van der Waals surface area contributed by atoms with Gasteiger partial charge in [-0.25, -0.2) is 0 Å². The summed E-state index contributed by atoms with van der Waals surface area (Å²) in [5.74, 6) is 0.536. The molecule has 1 fully saturated rings. The second kappa shape index (κ2) is 7.49. The number of piperazine rings is 1. The van der Waals surface area contributed by atoms with E-state index in [2.05, 4.69) is 25.0 Å². The number of aromatic amines is 1. The molecule has 0 saturated carbocycles. The molecular weight excluding hydrogens is 340 g/mol. The van der Waals surface area contributed by atoms with E-state index in [1.165, 1.54) is 0 Å². The fourth-order valence-electron chi connectivity index (χ4n) is 3.26. The van der Waals surface area contributed by atoms with Crippen molar-refractivity contribution >= 4 is 17.3 Å². The minimum atomic E-state index is -0.176. The first kappa shape index (κ1) is 17.1. The lowest BCUT2D eigenvalue weighted by molar-refractivity contribution is 0.631. The van der Waals surface area contributed by atoms with Gasteiger partial charge in [0.15, 0.2) is 0 Å². The van der Waals surface area contributed by atoms with Gasteiger partial charge in [-0.15, -0.1) is 10.2 Å². The Kier molecular flexibility index (Phi) is 4.74. The number of benzene rings is 2. The van der Waals surface area contributed by atoms with Crippen LogP contribution >= 0.6 is 0 Å². The van der Waals surface area contributed by atoms with Crippen LogP contribution in [-0.2, 0) is 6.42 Å². The lowest BCUT2D eigenvalue weighted by Gasteiger charge is -2.36. The highest BCUT2D eigenvalue weighted by atomic mass is 16.1. The fourth-order valence-corrected chi connectivity index (χ4v) is 3.26. The first-order valence-corrected chi connectivity index (χ1v) is 9.04. The van der Waals surface area contributed by atoms with Crippen LogP contribution in [0.15, 0.2) is 59.4 Å². The molecule has 1 aromatic heterocycles. The summed E-state index contributed by atoms with van der Waals surface area (Å²) < 4.78 is 0. The van der Waals surface area contributed by atoms with Crippen molar-refractivity contribution in [1.82, 2.24) is 15.2 Å². The van der Waals surface area contributed by atoms with Crippen molar-refractivity contribution in [2.45, 2.75) is 6.42 Å². The van der Waals surface area contributed by atoms with Gasteiger partial charge in [0, 0.05) is 44.0 Å². The fraction of sp³-hybridized carbons (Fsp3) is 0.250. The summed E-state index contributed by atoms with van der Waals surface area (Å²) in [5, 5.41) is 8.43. The molecule has 27 heavy (non-hydrogen) atoms. The van der Waals surface area contributed by atoms with Crippen molar-refractivity contribution in [1.29, 1.82) is 0 Å². The van der Waals surface area contributed by atoms with Crippen molar-refractivity contribution in [3.8, 4) is 0 Å². The number of aromatic nitrogens is 3. The van der Waals surface area contributed by atoms with Crippen LogP contribution in [0.4, 0.5) is 17.3 Å². The molecule has 2 heterocycles. The van der Waals surface area contributed by atoms with Crippen LogP contribution in [0.1, 0.15) is 11.3 Å². The average Bonchev–Trinajstić information content (AvgIpc) is 2.71. The van der Waals surface area contributed by atoms with Gasteiger partial charge in [-0.2, -0.15) is 0 Å². The second-order valence-corrected chi connectivity index (χ2v) is 6.65.